The molecule has 1 N–H and O–H groups in total. The first-order valence-corrected chi connectivity index (χ1v) is 11.0. The molecular formula is C21H23Cl2N5O3. The Bertz CT molecular complexity index is 1120. The van der Waals surface area contributed by atoms with Gasteiger partial charge in [0, 0.05) is 11.6 Å². The molecule has 1 aromatic carbocycles. The van der Waals surface area contributed by atoms with Crippen LogP contribution >= 0.6 is 23.2 Å². The van der Waals surface area contributed by atoms with Gasteiger partial charge in [0.1, 0.15) is 18.0 Å². The van der Waals surface area contributed by atoms with Crippen molar-refractivity contribution in [2.45, 2.75) is 64.1 Å². The lowest BCUT2D eigenvalue weighted by Crippen LogP contribution is -2.28. The standard InChI is InChI=1S/C21H23Cl2N5O3/c1-4-14-15-16(31-21(2,3)30-15)19(29-14)28-18-12(10-25-28)17(26-20(23)27-18)24-9-11-7-5-6-8-13(11)22/h5-8,10,14-16,19H,4,9H2,1-3H3,(H,24,26,27)/t14-,15-,16-,19-/m1/s1. The van der Waals surface area contributed by atoms with Crippen LogP contribution in [0.4, 0.5) is 5.82 Å². The summed E-state index contributed by atoms with van der Waals surface area (Å²) in [6, 6.07) is 7.63. The van der Waals surface area contributed by atoms with Crippen molar-refractivity contribution in [3.05, 3.63) is 46.3 Å². The third-order valence-electron chi connectivity index (χ3n) is 5.60. The van der Waals surface area contributed by atoms with Gasteiger partial charge in [0.05, 0.1) is 17.7 Å². The van der Waals surface area contributed by atoms with Crippen LogP contribution in [0, 0.1) is 0 Å². The van der Waals surface area contributed by atoms with Gasteiger partial charge in [-0.2, -0.15) is 15.1 Å². The molecule has 2 aliphatic rings. The zero-order chi connectivity index (χ0) is 21.8. The summed E-state index contributed by atoms with van der Waals surface area (Å²) in [7, 11) is 0. The summed E-state index contributed by atoms with van der Waals surface area (Å²) in [4.78, 5) is 8.78. The highest BCUT2D eigenvalue weighted by atomic mass is 35.5. The third-order valence-corrected chi connectivity index (χ3v) is 6.14. The highest BCUT2D eigenvalue weighted by molar-refractivity contribution is 6.31. The Morgan fingerprint density at radius 1 is 1.13 bits per heavy atom. The number of hydrogen-bond donors (Lipinski definition) is 1. The van der Waals surface area contributed by atoms with Crippen LogP contribution in [0.1, 0.15) is 39.0 Å². The monoisotopic (exact) mass is 463 g/mol. The Balaban J connectivity index is 1.48. The molecule has 0 unspecified atom stereocenters. The number of nitrogens with zero attached hydrogens (tertiary/aromatic N) is 4. The van der Waals surface area contributed by atoms with Crippen molar-refractivity contribution in [2.75, 3.05) is 5.32 Å². The van der Waals surface area contributed by atoms with Crippen molar-refractivity contribution in [3.63, 3.8) is 0 Å². The average Bonchev–Trinajstić information content (AvgIpc) is 3.37. The van der Waals surface area contributed by atoms with Crippen LogP contribution in [0.25, 0.3) is 11.0 Å². The summed E-state index contributed by atoms with van der Waals surface area (Å²) in [6.07, 6.45) is 1.48. The zero-order valence-electron chi connectivity index (χ0n) is 17.4. The smallest absolute Gasteiger partial charge is 0.226 e. The van der Waals surface area contributed by atoms with Crippen LogP contribution < -0.4 is 5.32 Å². The van der Waals surface area contributed by atoms with Crippen LogP contribution in [0.15, 0.2) is 30.5 Å². The molecule has 8 nitrogen and oxygen atoms in total. The predicted molar refractivity (Wildman–Crippen MR) is 117 cm³/mol. The average molecular weight is 464 g/mol. The van der Waals surface area contributed by atoms with E-state index in [4.69, 9.17) is 37.4 Å². The first kappa shape index (κ1) is 20.9. The molecule has 4 heterocycles. The van der Waals surface area contributed by atoms with Crippen molar-refractivity contribution in [2.24, 2.45) is 0 Å². The van der Waals surface area contributed by atoms with Gasteiger partial charge in [-0.3, -0.25) is 0 Å². The van der Waals surface area contributed by atoms with Crippen molar-refractivity contribution < 1.29 is 14.2 Å². The number of fused-ring (bicyclic) bond motifs is 2. The van der Waals surface area contributed by atoms with E-state index in [1.54, 1.807) is 10.9 Å². The Morgan fingerprint density at radius 3 is 2.68 bits per heavy atom. The number of rotatable bonds is 5. The molecule has 164 valence electrons. The minimum Gasteiger partial charge on any atom is -0.365 e. The maximum Gasteiger partial charge on any atom is 0.226 e. The molecule has 4 atom stereocenters. The summed E-state index contributed by atoms with van der Waals surface area (Å²) in [6.45, 7) is 6.37. The van der Waals surface area contributed by atoms with E-state index in [1.165, 1.54) is 0 Å². The van der Waals surface area contributed by atoms with Crippen molar-refractivity contribution in [3.8, 4) is 0 Å². The van der Waals surface area contributed by atoms with Crippen molar-refractivity contribution in [1.29, 1.82) is 0 Å². The Morgan fingerprint density at radius 2 is 1.90 bits per heavy atom. The molecule has 0 spiro atoms. The first-order chi connectivity index (χ1) is 14.9. The molecule has 10 heteroatoms. The summed E-state index contributed by atoms with van der Waals surface area (Å²) in [5, 5.41) is 9.38. The van der Waals surface area contributed by atoms with Crippen molar-refractivity contribution in [1.82, 2.24) is 19.7 Å². The number of ether oxygens (including phenoxy) is 3. The van der Waals surface area contributed by atoms with Gasteiger partial charge in [0.15, 0.2) is 17.7 Å². The van der Waals surface area contributed by atoms with E-state index in [0.29, 0.717) is 23.0 Å². The van der Waals surface area contributed by atoms with Crippen LogP contribution in [0.3, 0.4) is 0 Å². The predicted octanol–water partition coefficient (Wildman–Crippen LogP) is 4.57. The fraction of sp³-hybridized carbons (Fsp3) is 0.476. The van der Waals surface area contributed by atoms with Gasteiger partial charge in [-0.05, 0) is 43.5 Å². The Labute approximate surface area is 189 Å². The SMILES string of the molecule is CC[C@H]1O[C@@H](n2ncc3c(NCc4ccccc4Cl)nc(Cl)nc32)[C@@H]2OC(C)(C)O[C@@H]21. The molecule has 0 amide bonds. The third kappa shape index (κ3) is 3.76. The van der Waals surface area contributed by atoms with Crippen LogP contribution in [0.2, 0.25) is 10.3 Å². The summed E-state index contributed by atoms with van der Waals surface area (Å²) >= 11 is 12.5. The molecule has 0 aliphatic carbocycles. The molecule has 2 fully saturated rings. The first-order valence-electron chi connectivity index (χ1n) is 10.3. The molecule has 0 saturated carbocycles. The number of hydrogen-bond acceptors (Lipinski definition) is 7. The fourth-order valence-electron chi connectivity index (χ4n) is 4.23. The molecule has 2 saturated heterocycles. The number of anilines is 1. The van der Waals surface area contributed by atoms with E-state index in [9.17, 15) is 0 Å². The molecule has 31 heavy (non-hydrogen) atoms. The fourth-order valence-corrected chi connectivity index (χ4v) is 4.59. The van der Waals surface area contributed by atoms with E-state index < -0.39 is 12.0 Å². The van der Waals surface area contributed by atoms with Gasteiger partial charge in [0.25, 0.3) is 0 Å². The van der Waals surface area contributed by atoms with Gasteiger partial charge in [-0.25, -0.2) is 4.68 Å². The normalized spacial score (nSPS) is 27.0. The lowest BCUT2D eigenvalue weighted by Gasteiger charge is -2.24. The summed E-state index contributed by atoms with van der Waals surface area (Å²) in [5.41, 5.74) is 1.52. The molecule has 0 radical (unpaired) electrons. The molecule has 0 bridgehead atoms. The zero-order valence-corrected chi connectivity index (χ0v) is 18.9. The van der Waals surface area contributed by atoms with Gasteiger partial charge in [0.2, 0.25) is 5.28 Å². The van der Waals surface area contributed by atoms with E-state index in [0.717, 1.165) is 17.4 Å². The number of benzene rings is 1. The van der Waals surface area contributed by atoms with Crippen LogP contribution in [-0.4, -0.2) is 43.8 Å². The van der Waals surface area contributed by atoms with Gasteiger partial charge >= 0.3 is 0 Å². The Kier molecular flexibility index (Phi) is 5.30. The van der Waals surface area contributed by atoms with Crippen molar-refractivity contribution >= 4 is 40.1 Å². The second kappa shape index (κ2) is 7.86. The number of aromatic nitrogens is 4. The lowest BCUT2D eigenvalue weighted by atomic mass is 10.1. The maximum absolute atomic E-state index is 6.27. The maximum atomic E-state index is 6.27. The van der Waals surface area contributed by atoms with Crippen LogP contribution in [0.5, 0.6) is 0 Å². The summed E-state index contributed by atoms with van der Waals surface area (Å²) in [5.74, 6) is -0.103. The summed E-state index contributed by atoms with van der Waals surface area (Å²) < 4.78 is 20.2. The highest BCUT2D eigenvalue weighted by Gasteiger charge is 2.55. The van der Waals surface area contributed by atoms with Gasteiger partial charge in [-0.15, -0.1) is 0 Å². The van der Waals surface area contributed by atoms with E-state index in [2.05, 4.69) is 27.3 Å². The second-order valence-electron chi connectivity index (χ2n) is 8.15. The minimum atomic E-state index is -0.679. The number of halogens is 2. The molecule has 3 aromatic rings. The van der Waals surface area contributed by atoms with E-state index in [1.807, 2.05) is 38.1 Å². The highest BCUT2D eigenvalue weighted by Crippen LogP contribution is 2.44. The molecule has 2 aliphatic heterocycles. The van der Waals surface area contributed by atoms with Gasteiger partial charge in [-0.1, -0.05) is 36.7 Å². The minimum absolute atomic E-state index is 0.0915. The lowest BCUT2D eigenvalue weighted by molar-refractivity contribution is -0.197. The molecule has 2 aromatic heterocycles. The quantitative estimate of drug-likeness (QED) is 0.554. The van der Waals surface area contributed by atoms with E-state index >= 15 is 0 Å². The Hall–Kier alpha value is -1.97. The largest absolute Gasteiger partial charge is 0.365 e. The van der Waals surface area contributed by atoms with Gasteiger partial charge < -0.3 is 19.5 Å². The van der Waals surface area contributed by atoms with E-state index in [-0.39, 0.29) is 23.6 Å². The topological polar surface area (TPSA) is 83.3 Å². The molecule has 5 rings (SSSR count). The number of nitrogens with one attached hydrogen (secondary N) is 1. The second-order valence-corrected chi connectivity index (χ2v) is 8.90. The molecular weight excluding hydrogens is 441 g/mol. The van der Waals surface area contributed by atoms with Crippen LogP contribution in [-0.2, 0) is 20.8 Å².